The van der Waals surface area contributed by atoms with Crippen molar-refractivity contribution in [3.05, 3.63) is 11.0 Å². The van der Waals surface area contributed by atoms with Crippen LogP contribution < -0.4 is 0 Å². The maximum atomic E-state index is 10.2. The number of aliphatic carboxylic acids is 1. The second-order valence-corrected chi connectivity index (χ2v) is 3.46. The van der Waals surface area contributed by atoms with E-state index in [0.717, 1.165) is 19.3 Å². The third-order valence-corrected chi connectivity index (χ3v) is 2.40. The molecule has 0 spiro atoms. The molecule has 0 aliphatic heterocycles. The smallest absolute Gasteiger partial charge is 0.303 e. The Labute approximate surface area is 78.0 Å². The first-order chi connectivity index (χ1) is 5.70. The summed E-state index contributed by atoms with van der Waals surface area (Å²) in [5.41, 5.74) is 0. The van der Waals surface area contributed by atoms with Crippen molar-refractivity contribution < 1.29 is 9.90 Å². The summed E-state index contributed by atoms with van der Waals surface area (Å²) in [6.45, 7) is 2.09. The van der Waals surface area contributed by atoms with Gasteiger partial charge in [-0.1, -0.05) is 13.0 Å². The molecule has 0 heterocycles. The zero-order valence-electron chi connectivity index (χ0n) is 7.67. The first-order valence-corrected chi connectivity index (χ1v) is 5.38. The zero-order chi connectivity index (χ0) is 9.40. The Morgan fingerprint density at radius 3 is 2.58 bits per heavy atom. The van der Waals surface area contributed by atoms with Gasteiger partial charge >= 0.3 is 5.97 Å². The monoisotopic (exact) mass is 188 g/mol. The maximum absolute atomic E-state index is 10.2. The molecule has 0 bridgehead atoms. The molecule has 1 N–H and O–H groups in total. The van der Waals surface area contributed by atoms with Crippen molar-refractivity contribution in [1.29, 1.82) is 0 Å². The SMILES string of the molecule is CC/C=C(/CCCC(=O)O)SC. The molecular weight excluding hydrogens is 172 g/mol. The lowest BCUT2D eigenvalue weighted by atomic mass is 10.2. The van der Waals surface area contributed by atoms with Gasteiger partial charge in [-0.2, -0.15) is 0 Å². The third kappa shape index (κ3) is 6.28. The molecule has 0 atom stereocenters. The molecular formula is C9H16O2S. The van der Waals surface area contributed by atoms with Gasteiger partial charge in [0.05, 0.1) is 0 Å². The molecule has 0 aromatic heterocycles. The fourth-order valence-corrected chi connectivity index (χ4v) is 1.61. The highest BCUT2D eigenvalue weighted by molar-refractivity contribution is 8.02. The van der Waals surface area contributed by atoms with Crippen LogP contribution in [0.3, 0.4) is 0 Å². The van der Waals surface area contributed by atoms with Crippen LogP contribution in [0.4, 0.5) is 0 Å². The van der Waals surface area contributed by atoms with Gasteiger partial charge in [-0.05, 0) is 30.4 Å². The lowest BCUT2D eigenvalue weighted by Gasteiger charge is -2.01. The van der Waals surface area contributed by atoms with Gasteiger partial charge in [-0.25, -0.2) is 0 Å². The number of hydrogen-bond donors (Lipinski definition) is 1. The first-order valence-electron chi connectivity index (χ1n) is 4.15. The molecule has 0 radical (unpaired) electrons. The molecule has 3 heteroatoms. The van der Waals surface area contributed by atoms with Crippen molar-refractivity contribution in [2.75, 3.05) is 6.26 Å². The molecule has 0 unspecified atom stereocenters. The first kappa shape index (κ1) is 11.6. The Balaban J connectivity index is 3.58. The summed E-state index contributed by atoms with van der Waals surface area (Å²) in [7, 11) is 0. The number of allylic oxidation sites excluding steroid dienone is 2. The van der Waals surface area contributed by atoms with E-state index in [1.807, 2.05) is 6.26 Å². The summed E-state index contributed by atoms with van der Waals surface area (Å²) in [4.78, 5) is 11.5. The van der Waals surface area contributed by atoms with Crippen LogP contribution in [0.1, 0.15) is 32.6 Å². The number of thioether (sulfide) groups is 1. The summed E-state index contributed by atoms with van der Waals surface area (Å²) in [6, 6.07) is 0. The van der Waals surface area contributed by atoms with Crippen molar-refractivity contribution in [3.63, 3.8) is 0 Å². The van der Waals surface area contributed by atoms with Crippen molar-refractivity contribution in [3.8, 4) is 0 Å². The van der Waals surface area contributed by atoms with Gasteiger partial charge in [0.15, 0.2) is 0 Å². The minimum atomic E-state index is -0.702. The standard InChI is InChI=1S/C9H16O2S/c1-3-5-8(12-2)6-4-7-9(10)11/h5H,3-4,6-7H2,1-2H3,(H,10,11)/b8-5-. The summed E-state index contributed by atoms with van der Waals surface area (Å²) in [5.74, 6) is -0.702. The lowest BCUT2D eigenvalue weighted by Crippen LogP contribution is -1.93. The number of rotatable bonds is 6. The van der Waals surface area contributed by atoms with E-state index in [-0.39, 0.29) is 6.42 Å². The van der Waals surface area contributed by atoms with Gasteiger partial charge in [-0.15, -0.1) is 11.8 Å². The highest BCUT2D eigenvalue weighted by atomic mass is 32.2. The Kier molecular flexibility index (Phi) is 6.96. The summed E-state index contributed by atoms with van der Waals surface area (Å²) >= 11 is 1.71. The Morgan fingerprint density at radius 1 is 1.50 bits per heavy atom. The van der Waals surface area contributed by atoms with Crippen LogP contribution in [-0.2, 0) is 4.79 Å². The van der Waals surface area contributed by atoms with Gasteiger partial charge in [-0.3, -0.25) is 4.79 Å². The Hall–Kier alpha value is -0.440. The van der Waals surface area contributed by atoms with Gasteiger partial charge in [0.25, 0.3) is 0 Å². The molecule has 2 nitrogen and oxygen atoms in total. The molecule has 0 amide bonds. The van der Waals surface area contributed by atoms with Crippen LogP contribution in [-0.4, -0.2) is 17.3 Å². The van der Waals surface area contributed by atoms with E-state index in [4.69, 9.17) is 5.11 Å². The van der Waals surface area contributed by atoms with Crippen LogP contribution in [0, 0.1) is 0 Å². The number of carboxylic acid groups (broad SMARTS) is 1. The van der Waals surface area contributed by atoms with Crippen LogP contribution in [0.25, 0.3) is 0 Å². The minimum Gasteiger partial charge on any atom is -0.481 e. The van der Waals surface area contributed by atoms with Crippen molar-refractivity contribution in [2.45, 2.75) is 32.6 Å². The quantitative estimate of drug-likeness (QED) is 0.696. The summed E-state index contributed by atoms with van der Waals surface area (Å²) in [5, 5.41) is 8.40. The number of carboxylic acids is 1. The van der Waals surface area contributed by atoms with Crippen molar-refractivity contribution >= 4 is 17.7 Å². The highest BCUT2D eigenvalue weighted by Crippen LogP contribution is 2.19. The van der Waals surface area contributed by atoms with E-state index in [1.54, 1.807) is 11.8 Å². The van der Waals surface area contributed by atoms with Crippen LogP contribution in [0.2, 0.25) is 0 Å². The Morgan fingerprint density at radius 2 is 2.17 bits per heavy atom. The minimum absolute atomic E-state index is 0.279. The lowest BCUT2D eigenvalue weighted by molar-refractivity contribution is -0.137. The molecule has 0 fully saturated rings. The van der Waals surface area contributed by atoms with Crippen LogP contribution >= 0.6 is 11.8 Å². The van der Waals surface area contributed by atoms with E-state index in [1.165, 1.54) is 4.91 Å². The van der Waals surface area contributed by atoms with Crippen LogP contribution in [0.15, 0.2) is 11.0 Å². The predicted molar refractivity (Wildman–Crippen MR) is 53.4 cm³/mol. The van der Waals surface area contributed by atoms with Gasteiger partial charge in [0.2, 0.25) is 0 Å². The van der Waals surface area contributed by atoms with E-state index >= 15 is 0 Å². The van der Waals surface area contributed by atoms with Gasteiger partial charge in [0.1, 0.15) is 0 Å². The number of hydrogen-bond acceptors (Lipinski definition) is 2. The largest absolute Gasteiger partial charge is 0.481 e. The number of carbonyl (C=O) groups is 1. The highest BCUT2D eigenvalue weighted by Gasteiger charge is 1.98. The van der Waals surface area contributed by atoms with Crippen molar-refractivity contribution in [2.24, 2.45) is 0 Å². The zero-order valence-corrected chi connectivity index (χ0v) is 8.49. The second kappa shape index (κ2) is 7.22. The van der Waals surface area contributed by atoms with E-state index in [0.29, 0.717) is 0 Å². The fraction of sp³-hybridized carbons (Fsp3) is 0.667. The van der Waals surface area contributed by atoms with Crippen LogP contribution in [0.5, 0.6) is 0 Å². The van der Waals surface area contributed by atoms with E-state index in [9.17, 15) is 4.79 Å². The van der Waals surface area contributed by atoms with E-state index < -0.39 is 5.97 Å². The maximum Gasteiger partial charge on any atom is 0.303 e. The molecule has 0 rings (SSSR count). The molecule has 0 aromatic rings. The molecule has 0 aliphatic carbocycles. The Bertz CT molecular complexity index is 164. The molecule has 0 aliphatic rings. The molecule has 0 aromatic carbocycles. The molecule has 12 heavy (non-hydrogen) atoms. The molecule has 70 valence electrons. The third-order valence-electron chi connectivity index (χ3n) is 1.51. The average molecular weight is 188 g/mol. The van der Waals surface area contributed by atoms with Gasteiger partial charge < -0.3 is 5.11 Å². The summed E-state index contributed by atoms with van der Waals surface area (Å²) < 4.78 is 0. The molecule has 0 saturated carbocycles. The topological polar surface area (TPSA) is 37.3 Å². The van der Waals surface area contributed by atoms with Crippen molar-refractivity contribution in [1.82, 2.24) is 0 Å². The molecule has 0 saturated heterocycles. The summed E-state index contributed by atoms with van der Waals surface area (Å²) in [6.07, 6.45) is 7.16. The second-order valence-electron chi connectivity index (χ2n) is 2.53. The van der Waals surface area contributed by atoms with Gasteiger partial charge in [0, 0.05) is 6.42 Å². The average Bonchev–Trinajstić information content (AvgIpc) is 2.02. The van der Waals surface area contributed by atoms with E-state index in [2.05, 4.69) is 13.0 Å². The fourth-order valence-electron chi connectivity index (χ4n) is 0.929. The predicted octanol–water partition coefficient (Wildman–Crippen LogP) is 2.90. The normalized spacial score (nSPS) is 11.7.